The van der Waals surface area contributed by atoms with E-state index in [9.17, 15) is 18.0 Å². The van der Waals surface area contributed by atoms with Crippen molar-refractivity contribution < 1.29 is 41.4 Å². The van der Waals surface area contributed by atoms with Crippen molar-refractivity contribution in [1.82, 2.24) is 0 Å². The van der Waals surface area contributed by atoms with Gasteiger partial charge in [-0.25, -0.2) is 18.2 Å². The minimum Gasteiger partial charge on any atom is -0.741 e. The van der Waals surface area contributed by atoms with E-state index < -0.39 is 21.6 Å². The Hall–Kier alpha value is -1.20. The van der Waals surface area contributed by atoms with Crippen LogP contribution in [0.5, 0.6) is 0 Å². The van der Waals surface area contributed by atoms with Crippen LogP contribution in [0.25, 0.3) is 0 Å². The Morgan fingerprint density at radius 2 is 2.00 bits per heavy atom. The summed E-state index contributed by atoms with van der Waals surface area (Å²) in [6.45, 7) is 2.48. The van der Waals surface area contributed by atoms with Crippen molar-refractivity contribution in [3.63, 3.8) is 0 Å². The highest BCUT2D eigenvalue weighted by Gasteiger charge is 2.36. The molecule has 0 saturated carbocycles. The molecular weight excluding hydrogens is 281 g/mol. The van der Waals surface area contributed by atoms with E-state index in [1.807, 2.05) is 6.92 Å². The third-order valence-electron chi connectivity index (χ3n) is 1.84. The number of aliphatic carboxylic acids is 1. The number of halogens is 3. The Morgan fingerprint density at radius 3 is 2.22 bits per heavy atom. The molecule has 0 spiro atoms. The predicted molar refractivity (Wildman–Crippen MR) is 51.7 cm³/mol. The fourth-order valence-electron chi connectivity index (χ4n) is 1.00. The van der Waals surface area contributed by atoms with Gasteiger partial charge in [0.15, 0.2) is 22.0 Å². The van der Waals surface area contributed by atoms with Crippen LogP contribution < -0.4 is 5.32 Å². The molecule has 1 heterocycles. The molecule has 1 rings (SSSR count). The van der Waals surface area contributed by atoms with Gasteiger partial charge in [0.05, 0.1) is 6.54 Å². The molecule has 11 heteroatoms. The molecule has 0 aromatic rings. The second-order valence-corrected chi connectivity index (χ2v) is 4.69. The first-order valence-electron chi connectivity index (χ1n) is 4.56. The minimum absolute atomic E-state index is 0.308. The normalized spacial score (nSPS) is 20.5. The van der Waals surface area contributed by atoms with Crippen LogP contribution in [0.1, 0.15) is 13.3 Å². The summed E-state index contributed by atoms with van der Waals surface area (Å²) in [5.74, 6) is 0.105. The molecule has 0 aromatic heterocycles. The smallest absolute Gasteiger partial charge is 0.485 e. The van der Waals surface area contributed by atoms with Crippen LogP contribution in [-0.4, -0.2) is 48.0 Å². The van der Waals surface area contributed by atoms with E-state index >= 15 is 0 Å². The fourth-order valence-corrected chi connectivity index (χ4v) is 1.00. The van der Waals surface area contributed by atoms with Gasteiger partial charge in [-0.1, -0.05) is 0 Å². The number of amidine groups is 1. The van der Waals surface area contributed by atoms with Crippen molar-refractivity contribution >= 4 is 21.9 Å². The summed E-state index contributed by atoms with van der Waals surface area (Å²) < 4.78 is 58.9. The molecule has 0 aromatic carbocycles. The number of quaternary nitrogens is 1. The number of alkyl halides is 3. The molecule has 1 atom stereocenters. The maximum absolute atomic E-state index is 10.7. The van der Waals surface area contributed by atoms with Crippen molar-refractivity contribution in [2.45, 2.75) is 24.9 Å². The van der Waals surface area contributed by atoms with E-state index in [1.165, 1.54) is 0 Å². The zero-order valence-corrected chi connectivity index (χ0v) is 9.95. The Kier molecular flexibility index (Phi) is 5.70. The third-order valence-corrected chi connectivity index (χ3v) is 2.41. The number of nitrogens with two attached hydrogens (primary N) is 1. The molecule has 106 valence electrons. The zero-order chi connectivity index (χ0) is 14.6. The highest BCUT2D eigenvalue weighted by molar-refractivity contribution is 7.86. The van der Waals surface area contributed by atoms with Crippen molar-refractivity contribution in [3.05, 3.63) is 0 Å². The van der Waals surface area contributed by atoms with Gasteiger partial charge in [-0.05, 0) is 0 Å². The van der Waals surface area contributed by atoms with Gasteiger partial charge < -0.3 is 9.66 Å². The number of nitrogens with zero attached hydrogens (tertiary/aromatic N) is 1. The molecule has 1 unspecified atom stereocenters. The first-order chi connectivity index (χ1) is 7.95. The quantitative estimate of drug-likeness (QED) is 0.468. The number of aliphatic imine (C=N–C) groups is 1. The van der Waals surface area contributed by atoms with Gasteiger partial charge in [-0.15, -0.1) is 0 Å². The first kappa shape index (κ1) is 16.8. The number of hydrogen-bond donors (Lipinski definition) is 2. The Balaban J connectivity index is 0.000000331. The van der Waals surface area contributed by atoms with Crippen LogP contribution in [0.3, 0.4) is 0 Å². The molecule has 18 heavy (non-hydrogen) atoms. The average Bonchev–Trinajstić information content (AvgIpc) is 2.15. The lowest BCUT2D eigenvalue weighted by Crippen LogP contribution is -2.95. The van der Waals surface area contributed by atoms with E-state index in [2.05, 4.69) is 4.99 Å². The summed E-state index contributed by atoms with van der Waals surface area (Å²) >= 11 is 0. The van der Waals surface area contributed by atoms with Gasteiger partial charge in [0.25, 0.3) is 0 Å². The predicted octanol–water partition coefficient (Wildman–Crippen LogP) is -1.12. The van der Waals surface area contributed by atoms with Gasteiger partial charge in [0, 0.05) is 13.3 Å². The standard InChI is InChI=1S/C6H10N2O2.CHF3O3S/c1-4-7-3-2-5(8-4)6(9)10;2-1(3,4)8(5,6)7/h5H,2-3H2,1H3,(H,7,8)(H,9,10);(H,5,6,7). The molecule has 0 radical (unpaired) electrons. The maximum Gasteiger partial charge on any atom is 0.485 e. The second-order valence-electron chi connectivity index (χ2n) is 3.32. The molecule has 0 saturated heterocycles. The third kappa shape index (κ3) is 5.93. The topological polar surface area (TPSA) is 123 Å². The van der Waals surface area contributed by atoms with Crippen LogP contribution in [0.2, 0.25) is 0 Å². The summed E-state index contributed by atoms with van der Waals surface area (Å²) in [7, 11) is -6.09. The number of hydrogen-bond acceptors (Lipinski definition) is 5. The first-order valence-corrected chi connectivity index (χ1v) is 5.97. The van der Waals surface area contributed by atoms with Crippen LogP contribution in [0, 0.1) is 0 Å². The zero-order valence-electron chi connectivity index (χ0n) is 9.14. The highest BCUT2D eigenvalue weighted by atomic mass is 32.2. The molecule has 1 aliphatic heterocycles. The van der Waals surface area contributed by atoms with Crippen molar-refractivity contribution in [2.75, 3.05) is 6.54 Å². The van der Waals surface area contributed by atoms with Crippen molar-refractivity contribution in [2.24, 2.45) is 4.99 Å². The summed E-state index contributed by atoms with van der Waals surface area (Å²) in [5, 5.41) is 10.3. The molecular formula is C7H11F3N2O5S. The maximum atomic E-state index is 10.7. The second kappa shape index (κ2) is 6.11. The summed E-state index contributed by atoms with van der Waals surface area (Å²) in [6, 6.07) is -0.308. The van der Waals surface area contributed by atoms with Crippen LogP contribution in [-0.2, 0) is 14.9 Å². The molecule has 0 amide bonds. The van der Waals surface area contributed by atoms with Crippen molar-refractivity contribution in [1.29, 1.82) is 0 Å². The molecule has 3 N–H and O–H groups in total. The molecule has 7 nitrogen and oxygen atoms in total. The van der Waals surface area contributed by atoms with Crippen LogP contribution >= 0.6 is 0 Å². The summed E-state index contributed by atoms with van der Waals surface area (Å²) in [6.07, 6.45) is 0.646. The number of carbonyl (C=O) groups is 1. The lowest BCUT2D eigenvalue weighted by Gasteiger charge is -2.13. The molecule has 0 aliphatic carbocycles. The molecule has 1 aliphatic rings. The van der Waals surface area contributed by atoms with Gasteiger partial charge in [0.1, 0.15) is 0 Å². The van der Waals surface area contributed by atoms with E-state index in [0.717, 1.165) is 5.84 Å². The van der Waals surface area contributed by atoms with Gasteiger partial charge in [-0.3, -0.25) is 5.32 Å². The Morgan fingerprint density at radius 1 is 1.56 bits per heavy atom. The van der Waals surface area contributed by atoms with E-state index in [4.69, 9.17) is 18.1 Å². The van der Waals surface area contributed by atoms with Crippen molar-refractivity contribution in [3.8, 4) is 0 Å². The summed E-state index contributed by atoms with van der Waals surface area (Å²) in [5.41, 5.74) is -5.65. The average molecular weight is 292 g/mol. The van der Waals surface area contributed by atoms with Gasteiger partial charge in [0.2, 0.25) is 0 Å². The van der Waals surface area contributed by atoms with E-state index in [-0.39, 0.29) is 6.04 Å². The van der Waals surface area contributed by atoms with E-state index in [0.29, 0.717) is 13.0 Å². The van der Waals surface area contributed by atoms with Gasteiger partial charge in [-0.2, -0.15) is 13.2 Å². The minimum atomic E-state index is -6.09. The molecule has 0 fully saturated rings. The summed E-state index contributed by atoms with van der Waals surface area (Å²) in [4.78, 5) is 14.5. The highest BCUT2D eigenvalue weighted by Crippen LogP contribution is 2.20. The number of rotatable bonds is 1. The Bertz CT molecular complexity index is 431. The van der Waals surface area contributed by atoms with Gasteiger partial charge >= 0.3 is 11.5 Å². The molecule has 0 bridgehead atoms. The van der Waals surface area contributed by atoms with E-state index in [1.54, 1.807) is 5.32 Å². The lowest BCUT2D eigenvalue weighted by molar-refractivity contribution is -0.573. The largest absolute Gasteiger partial charge is 0.741 e. The number of carboxylic acid groups (broad SMARTS) is 1. The monoisotopic (exact) mass is 292 g/mol. The fraction of sp³-hybridized carbons (Fsp3) is 0.714. The SMILES string of the molecule is CC1=NCCC(C(=O)O)[NH2+]1.O=S(=O)([O-])C(F)(F)F. The number of carboxylic acids is 1. The van der Waals surface area contributed by atoms with Crippen LogP contribution in [0.15, 0.2) is 4.99 Å². The van der Waals surface area contributed by atoms with Crippen LogP contribution in [0.4, 0.5) is 13.2 Å². The Labute approximate surface area is 100 Å². The lowest BCUT2D eigenvalue weighted by atomic mass is 10.2.